The summed E-state index contributed by atoms with van der Waals surface area (Å²) in [5.41, 5.74) is 23.2. The van der Waals surface area contributed by atoms with Crippen molar-refractivity contribution in [3.63, 3.8) is 0 Å². The van der Waals surface area contributed by atoms with Crippen LogP contribution in [0.25, 0.3) is 5.69 Å². The van der Waals surface area contributed by atoms with Gasteiger partial charge in [-0.25, -0.2) is 9.37 Å². The number of methoxy groups -OCH3 is 1. The van der Waals surface area contributed by atoms with Crippen molar-refractivity contribution in [1.82, 2.24) is 9.55 Å². The Kier molecular flexibility index (Phi) is 37.8. The lowest BCUT2D eigenvalue weighted by Crippen LogP contribution is -2.48. The maximum Gasteiger partial charge on any atom is 0.248 e. The van der Waals surface area contributed by atoms with E-state index in [2.05, 4.69) is 314 Å². The minimum absolute atomic E-state index is 0.00954. The van der Waals surface area contributed by atoms with Gasteiger partial charge in [0.2, 0.25) is 5.91 Å². The van der Waals surface area contributed by atoms with E-state index in [9.17, 15) is 14.3 Å². The maximum atomic E-state index is 14.1. The number of ether oxygens (including phenoxy) is 7. The first kappa shape index (κ1) is 102. The van der Waals surface area contributed by atoms with Gasteiger partial charge in [-0.3, -0.25) is 4.79 Å². The zero-order valence-corrected chi connectivity index (χ0v) is 80.0. The molecule has 0 spiro atoms. The fourth-order valence-electron chi connectivity index (χ4n) is 15.1. The van der Waals surface area contributed by atoms with Crippen LogP contribution in [-0.4, -0.2) is 213 Å². The average molecular weight is 1730 g/mol. The second-order valence-electron chi connectivity index (χ2n) is 40.6. The molecule has 5 unspecified atom stereocenters. The van der Waals surface area contributed by atoms with Crippen LogP contribution in [0.5, 0.6) is 5.75 Å². The molecule has 6 aliphatic heterocycles. The number of imidazole rings is 1. The minimum atomic E-state index is -0.504. The number of halogens is 1. The van der Waals surface area contributed by atoms with Crippen LogP contribution in [0, 0.1) is 5.82 Å². The molecule has 0 bridgehead atoms. The first-order valence-corrected chi connectivity index (χ1v) is 45.1. The van der Waals surface area contributed by atoms with Gasteiger partial charge in [0.05, 0.1) is 109 Å². The van der Waals surface area contributed by atoms with Crippen molar-refractivity contribution in [2.75, 3.05) is 181 Å². The lowest BCUT2D eigenvalue weighted by atomic mass is 9.87. The normalized spacial score (nSPS) is 18.8. The van der Waals surface area contributed by atoms with Crippen LogP contribution >= 0.6 is 0 Å². The van der Waals surface area contributed by atoms with Gasteiger partial charge in [0.15, 0.2) is 6.10 Å². The van der Waals surface area contributed by atoms with E-state index in [1.165, 1.54) is 56.1 Å². The van der Waals surface area contributed by atoms with E-state index >= 15 is 0 Å². The quantitative estimate of drug-likeness (QED) is 0.0847. The summed E-state index contributed by atoms with van der Waals surface area (Å²) in [6.07, 6.45) is 5.25. The number of primary amides is 1. The highest BCUT2D eigenvalue weighted by molar-refractivity contribution is 5.80. The van der Waals surface area contributed by atoms with Gasteiger partial charge in [-0.05, 0) is 175 Å². The molecule has 0 aliphatic carbocycles. The molecular formula is C104H154FN9O11. The van der Waals surface area contributed by atoms with Gasteiger partial charge in [-0.15, -0.1) is 0 Å². The van der Waals surface area contributed by atoms with Gasteiger partial charge in [-0.2, -0.15) is 0 Å². The van der Waals surface area contributed by atoms with Crippen molar-refractivity contribution in [3.05, 3.63) is 221 Å². The third-order valence-electron chi connectivity index (χ3n) is 23.4. The SMILES string of the molecule is CC(C)(C)c1ccc(N2CCOC(C(N)=O)C2)cc1.CC(C)(C)c1ccc(N2CCOC(CCO)C2)cc1.CC(C)(C)c1ccc(N2CCOC(CO)C2)cc1.CC(C)(C)c1ccc(N2CCOCC2)c(F)c1.CC(C)(C)c1ccc(N2CCOCC2)cc1.CC(O)C1CN(c2ccc(C(C)(C)C)cc2)CCO1.COc1cc(C(C)(C)C)ccc1-n1ccnc1. The van der Waals surface area contributed by atoms with Gasteiger partial charge in [-0.1, -0.05) is 218 Å². The summed E-state index contributed by atoms with van der Waals surface area (Å²) in [6.45, 7) is 64.0. The first-order valence-electron chi connectivity index (χ1n) is 45.1. The third-order valence-corrected chi connectivity index (χ3v) is 23.4. The Hall–Kier alpha value is -8.61. The highest BCUT2D eigenvalue weighted by atomic mass is 19.1. The van der Waals surface area contributed by atoms with Crippen molar-refractivity contribution < 1.29 is 57.7 Å². The molecule has 21 heteroatoms. The van der Waals surface area contributed by atoms with E-state index < -0.39 is 18.1 Å². The molecule has 0 saturated carbocycles. The topological polar surface area (TPSA) is 206 Å². The number of amides is 1. The summed E-state index contributed by atoms with van der Waals surface area (Å²) in [4.78, 5) is 28.7. The standard InChI is InChI=1S/2C16H25NO2.C15H22N2O2.C15H23NO2.C14H20FNO.C14H18N2O.C14H21NO/c1-12(18)15-11-17(9-10-19-15)14-7-5-13(6-8-14)16(2,3)4;1-16(2,3)13-4-6-14(7-5-13)17-9-11-19-15(12-17)8-10-18;1-15(2,3)11-4-6-12(7-5-11)17-8-9-19-13(10-17)14(16)18;1-15(2,3)12-4-6-13(7-5-12)16-8-9-18-14(10-16)11-17;1-14(2,3)11-4-5-13(12(15)10-11)16-6-8-17-9-7-16;1-14(2,3)11-5-6-12(13(9-11)17-4)16-8-7-15-10-16;1-14(2,3)12-4-6-13(7-5-12)15-8-10-16-11-9-15/h5-8,12,15,18H,9-11H2,1-4H3;4-7,15,18H,8-12H2,1-3H3;4-7,13H,8-10H2,1-3H3,(H2,16,18);4-7,14,17H,8-11H2,1-3H3;4-5,10H,6-9H2,1-3H3;5-10H,1-4H3;4-7H,8-11H2,1-3H3. The lowest BCUT2D eigenvalue weighted by molar-refractivity contribution is -0.130. The molecule has 7 aromatic carbocycles. The lowest BCUT2D eigenvalue weighted by Gasteiger charge is -2.36. The third kappa shape index (κ3) is 32.0. The van der Waals surface area contributed by atoms with Crippen LogP contribution in [0.3, 0.4) is 0 Å². The van der Waals surface area contributed by atoms with Gasteiger partial charge in [0.25, 0.3) is 0 Å². The number of aliphatic hydroxyl groups excluding tert-OH is 3. The van der Waals surface area contributed by atoms with Crippen LogP contribution in [-0.2, 0) is 71.1 Å². The molecule has 5 N–H and O–H groups in total. The molecule has 8 aromatic rings. The number of anilines is 6. The second-order valence-corrected chi connectivity index (χ2v) is 40.6. The Labute approximate surface area is 749 Å². The molecule has 1 aromatic heterocycles. The summed E-state index contributed by atoms with van der Waals surface area (Å²) in [5.74, 6) is 0.353. The molecule has 0 radical (unpaired) electrons. The fraction of sp³-hybridized carbons (Fsp3) is 0.558. The fourth-order valence-corrected chi connectivity index (χ4v) is 15.1. The summed E-state index contributed by atoms with van der Waals surface area (Å²) < 4.78 is 54.2. The Morgan fingerprint density at radius 1 is 0.424 bits per heavy atom. The summed E-state index contributed by atoms with van der Waals surface area (Å²) >= 11 is 0. The summed E-state index contributed by atoms with van der Waals surface area (Å²) in [5, 5.41) is 27.8. The molecular weight excluding hydrogens is 1570 g/mol. The first-order chi connectivity index (χ1) is 58.8. The Morgan fingerprint density at radius 3 is 1.10 bits per heavy atom. The maximum absolute atomic E-state index is 14.1. The predicted octanol–water partition coefficient (Wildman–Crippen LogP) is 18.0. The monoisotopic (exact) mass is 1720 g/mol. The number of morpholine rings is 6. The number of nitrogens with zero attached hydrogens (tertiary/aromatic N) is 8. The number of nitrogens with two attached hydrogens (primary N) is 1. The number of aliphatic hydroxyl groups is 3. The van der Waals surface area contributed by atoms with E-state index in [4.69, 9.17) is 49.1 Å². The van der Waals surface area contributed by atoms with Crippen molar-refractivity contribution in [1.29, 1.82) is 0 Å². The Balaban J connectivity index is 0.000000181. The zero-order chi connectivity index (χ0) is 91.7. The highest BCUT2D eigenvalue weighted by Crippen LogP contribution is 2.35. The molecule has 688 valence electrons. The number of carbonyl (C=O) groups excluding carboxylic acids is 1. The molecule has 6 saturated heterocycles. The number of hydrogen-bond acceptors (Lipinski definition) is 18. The highest BCUT2D eigenvalue weighted by Gasteiger charge is 2.30. The van der Waals surface area contributed by atoms with Crippen LogP contribution in [0.2, 0.25) is 0 Å². The number of carbonyl (C=O) groups is 1. The van der Waals surface area contributed by atoms with Crippen LogP contribution in [0.15, 0.2) is 176 Å². The largest absolute Gasteiger partial charge is 0.495 e. The molecule has 20 nitrogen and oxygen atoms in total. The number of aromatic nitrogens is 2. The van der Waals surface area contributed by atoms with Crippen LogP contribution < -0.4 is 39.9 Å². The Bertz CT molecular complexity index is 4450. The number of benzene rings is 7. The van der Waals surface area contributed by atoms with Gasteiger partial charge in [0.1, 0.15) is 17.7 Å². The van der Waals surface area contributed by atoms with Gasteiger partial charge < -0.3 is 88.2 Å². The number of rotatable bonds is 13. The molecule has 14 rings (SSSR count). The minimum Gasteiger partial charge on any atom is -0.495 e. The molecule has 1 amide bonds. The van der Waals surface area contributed by atoms with Crippen molar-refractivity contribution >= 4 is 40.0 Å². The van der Waals surface area contributed by atoms with E-state index in [0.29, 0.717) is 45.3 Å². The van der Waals surface area contributed by atoms with Crippen molar-refractivity contribution in [2.45, 2.75) is 227 Å². The molecule has 6 fully saturated rings. The second kappa shape index (κ2) is 46.4. The van der Waals surface area contributed by atoms with Gasteiger partial charge >= 0.3 is 0 Å². The molecule has 125 heavy (non-hydrogen) atoms. The van der Waals surface area contributed by atoms with Crippen molar-refractivity contribution in [2.24, 2.45) is 5.73 Å². The smallest absolute Gasteiger partial charge is 0.248 e. The van der Waals surface area contributed by atoms with Gasteiger partial charge in [0, 0.05) is 119 Å². The molecule has 7 heterocycles. The predicted molar refractivity (Wildman–Crippen MR) is 513 cm³/mol. The van der Waals surface area contributed by atoms with E-state index in [1.54, 1.807) is 32.6 Å². The molecule has 6 aliphatic rings. The average Bonchev–Trinajstić information content (AvgIpc) is 1.79. The van der Waals surface area contributed by atoms with Crippen molar-refractivity contribution in [3.8, 4) is 11.4 Å². The van der Waals surface area contributed by atoms with E-state index in [1.807, 2.05) is 27.8 Å². The van der Waals surface area contributed by atoms with E-state index in [0.717, 1.165) is 121 Å². The summed E-state index contributed by atoms with van der Waals surface area (Å²) in [7, 11) is 1.70. The molecule has 5 atom stereocenters. The van der Waals surface area contributed by atoms with Crippen LogP contribution in [0.4, 0.5) is 38.5 Å². The Morgan fingerprint density at radius 2 is 0.752 bits per heavy atom. The zero-order valence-electron chi connectivity index (χ0n) is 80.0. The van der Waals surface area contributed by atoms with E-state index in [-0.39, 0.29) is 75.2 Å². The van der Waals surface area contributed by atoms with Crippen LogP contribution in [0.1, 0.15) is 198 Å². The number of hydrogen-bond donors (Lipinski definition) is 4. The summed E-state index contributed by atoms with van der Waals surface area (Å²) in [6, 6.07) is 55.6.